The van der Waals surface area contributed by atoms with Gasteiger partial charge in [0, 0.05) is 26.2 Å². The second-order valence-electron chi connectivity index (χ2n) is 7.36. The maximum atomic E-state index is 12.5. The molecule has 1 amide bonds. The van der Waals surface area contributed by atoms with Gasteiger partial charge >= 0.3 is 0 Å². The van der Waals surface area contributed by atoms with Gasteiger partial charge in [-0.2, -0.15) is 0 Å². The number of nitrogens with one attached hydrogen (secondary N) is 3. The van der Waals surface area contributed by atoms with E-state index in [-0.39, 0.29) is 35.8 Å². The Morgan fingerprint density at radius 3 is 2.82 bits per heavy atom. The van der Waals surface area contributed by atoms with E-state index < -0.39 is 10.0 Å². The molecule has 1 heterocycles. The molecule has 0 aromatic heterocycles. The lowest BCUT2D eigenvalue weighted by atomic mass is 9.85. The van der Waals surface area contributed by atoms with Crippen LogP contribution < -0.4 is 15.4 Å². The minimum Gasteiger partial charge on any atom is -0.383 e. The van der Waals surface area contributed by atoms with Crippen molar-refractivity contribution in [3.8, 4) is 0 Å². The summed E-state index contributed by atoms with van der Waals surface area (Å²) in [7, 11) is -2.06. The highest BCUT2D eigenvalue weighted by atomic mass is 35.5. The molecule has 3 atom stereocenters. The molecule has 9 heteroatoms. The fraction of sp³-hybridized carbons (Fsp3) is 0.632. The lowest BCUT2D eigenvalue weighted by Crippen LogP contribution is -2.42. The minimum absolute atomic E-state index is 0. The topological polar surface area (TPSA) is 96.5 Å². The van der Waals surface area contributed by atoms with E-state index in [4.69, 9.17) is 4.74 Å². The van der Waals surface area contributed by atoms with E-state index in [2.05, 4.69) is 15.4 Å². The Hall–Kier alpha value is -1.19. The summed E-state index contributed by atoms with van der Waals surface area (Å²) in [6.07, 6.45) is 5.76. The van der Waals surface area contributed by atoms with Crippen molar-refractivity contribution in [3.63, 3.8) is 0 Å². The van der Waals surface area contributed by atoms with E-state index in [1.165, 1.54) is 26.4 Å². The number of hydrogen-bond acceptors (Lipinski definition) is 5. The van der Waals surface area contributed by atoms with Crippen molar-refractivity contribution in [3.05, 3.63) is 29.8 Å². The molecule has 1 saturated heterocycles. The molecule has 0 spiro atoms. The van der Waals surface area contributed by atoms with Gasteiger partial charge in [-0.3, -0.25) is 4.79 Å². The fourth-order valence-electron chi connectivity index (χ4n) is 4.02. The number of halogens is 1. The third-order valence-corrected chi connectivity index (χ3v) is 6.91. The number of carbonyl (C=O) groups is 1. The smallest absolute Gasteiger partial charge is 0.240 e. The van der Waals surface area contributed by atoms with Crippen LogP contribution >= 0.6 is 12.4 Å². The summed E-state index contributed by atoms with van der Waals surface area (Å²) in [6.45, 7) is 0.842. The maximum absolute atomic E-state index is 12.5. The van der Waals surface area contributed by atoms with Crippen LogP contribution in [0.2, 0.25) is 0 Å². The molecule has 2 fully saturated rings. The first-order chi connectivity index (χ1) is 13.0. The Morgan fingerprint density at radius 2 is 2.07 bits per heavy atom. The zero-order valence-corrected chi connectivity index (χ0v) is 17.8. The molecule has 1 aliphatic carbocycles. The first-order valence-corrected chi connectivity index (χ1v) is 11.1. The van der Waals surface area contributed by atoms with E-state index in [0.29, 0.717) is 25.1 Å². The van der Waals surface area contributed by atoms with Gasteiger partial charge < -0.3 is 15.4 Å². The summed E-state index contributed by atoms with van der Waals surface area (Å²) < 4.78 is 31.9. The van der Waals surface area contributed by atoms with Crippen molar-refractivity contribution in [2.45, 2.75) is 55.6 Å². The first kappa shape index (κ1) is 23.1. The number of hydrogen-bond donors (Lipinski definition) is 3. The first-order valence-electron chi connectivity index (χ1n) is 9.61. The molecule has 0 radical (unpaired) electrons. The normalized spacial score (nSPS) is 24.2. The third-order valence-electron chi connectivity index (χ3n) is 5.45. The van der Waals surface area contributed by atoms with Crippen LogP contribution in [0.3, 0.4) is 0 Å². The van der Waals surface area contributed by atoms with Crippen LogP contribution in [0.25, 0.3) is 0 Å². The maximum Gasteiger partial charge on any atom is 0.240 e. The molecule has 28 heavy (non-hydrogen) atoms. The van der Waals surface area contributed by atoms with Crippen LogP contribution in [0.4, 0.5) is 0 Å². The SMILES string of the molecule is COCCNS(=O)(=O)c1cccc(CNC(=O)C2CC3CCCCC3N2)c1.Cl. The molecular weight excluding hydrogens is 402 g/mol. The monoisotopic (exact) mass is 431 g/mol. The zero-order valence-electron chi connectivity index (χ0n) is 16.1. The van der Waals surface area contributed by atoms with Gasteiger partial charge in [-0.25, -0.2) is 13.1 Å². The summed E-state index contributed by atoms with van der Waals surface area (Å²) in [5.41, 5.74) is 0.758. The number of fused-ring (bicyclic) bond motifs is 1. The van der Waals surface area contributed by atoms with Gasteiger partial charge in [-0.15, -0.1) is 12.4 Å². The molecule has 1 aromatic rings. The summed E-state index contributed by atoms with van der Waals surface area (Å²) in [5, 5.41) is 6.41. The Bertz CT molecular complexity index is 745. The van der Waals surface area contributed by atoms with E-state index in [1.807, 2.05) is 6.07 Å². The second-order valence-corrected chi connectivity index (χ2v) is 9.13. The number of sulfonamides is 1. The summed E-state index contributed by atoms with van der Waals surface area (Å²) in [4.78, 5) is 12.7. The quantitative estimate of drug-likeness (QED) is 0.543. The van der Waals surface area contributed by atoms with Crippen molar-refractivity contribution in [2.24, 2.45) is 5.92 Å². The Labute approximate surface area is 173 Å². The number of carbonyl (C=O) groups excluding carboxylic acids is 1. The predicted molar refractivity (Wildman–Crippen MR) is 110 cm³/mol. The summed E-state index contributed by atoms with van der Waals surface area (Å²) in [6, 6.07) is 6.98. The molecule has 1 saturated carbocycles. The van der Waals surface area contributed by atoms with Gasteiger partial charge in [-0.05, 0) is 42.9 Å². The van der Waals surface area contributed by atoms with Gasteiger partial charge in [0.2, 0.25) is 15.9 Å². The van der Waals surface area contributed by atoms with Crippen LogP contribution in [0, 0.1) is 5.92 Å². The van der Waals surface area contributed by atoms with Crippen LogP contribution in [0.1, 0.15) is 37.7 Å². The van der Waals surface area contributed by atoms with Crippen LogP contribution in [-0.4, -0.2) is 46.7 Å². The van der Waals surface area contributed by atoms with Crippen molar-refractivity contribution < 1.29 is 17.9 Å². The average molecular weight is 432 g/mol. The van der Waals surface area contributed by atoms with Gasteiger partial charge in [0.1, 0.15) is 0 Å². The molecule has 1 aliphatic heterocycles. The second kappa shape index (κ2) is 10.5. The number of rotatable bonds is 8. The van der Waals surface area contributed by atoms with E-state index in [1.54, 1.807) is 18.2 Å². The Kier molecular flexibility index (Phi) is 8.70. The van der Waals surface area contributed by atoms with Crippen molar-refractivity contribution in [1.82, 2.24) is 15.4 Å². The molecule has 3 unspecified atom stereocenters. The zero-order chi connectivity index (χ0) is 19.3. The van der Waals surface area contributed by atoms with E-state index >= 15 is 0 Å². The Balaban J connectivity index is 0.00000280. The largest absolute Gasteiger partial charge is 0.383 e. The molecular formula is C19H30ClN3O4S. The van der Waals surface area contributed by atoms with Crippen molar-refractivity contribution >= 4 is 28.3 Å². The molecule has 2 aliphatic rings. The van der Waals surface area contributed by atoms with Gasteiger partial charge in [0.25, 0.3) is 0 Å². The van der Waals surface area contributed by atoms with Crippen LogP contribution in [-0.2, 0) is 26.1 Å². The Morgan fingerprint density at radius 1 is 1.29 bits per heavy atom. The molecule has 158 valence electrons. The highest BCUT2D eigenvalue weighted by molar-refractivity contribution is 7.89. The molecule has 3 N–H and O–H groups in total. The van der Waals surface area contributed by atoms with Gasteiger partial charge in [0.05, 0.1) is 17.5 Å². The fourth-order valence-corrected chi connectivity index (χ4v) is 5.10. The number of benzene rings is 1. The van der Waals surface area contributed by atoms with Gasteiger partial charge in [0.15, 0.2) is 0 Å². The third kappa shape index (κ3) is 5.90. The van der Waals surface area contributed by atoms with Crippen molar-refractivity contribution in [1.29, 1.82) is 0 Å². The molecule has 1 aromatic carbocycles. The van der Waals surface area contributed by atoms with Crippen molar-refractivity contribution in [2.75, 3.05) is 20.3 Å². The lowest BCUT2D eigenvalue weighted by Gasteiger charge is -2.24. The van der Waals surface area contributed by atoms with Gasteiger partial charge in [-0.1, -0.05) is 25.0 Å². The summed E-state index contributed by atoms with van der Waals surface area (Å²) >= 11 is 0. The predicted octanol–water partition coefficient (Wildman–Crippen LogP) is 1.57. The molecule has 7 nitrogen and oxygen atoms in total. The van der Waals surface area contributed by atoms with Crippen LogP contribution in [0.5, 0.6) is 0 Å². The van der Waals surface area contributed by atoms with E-state index in [9.17, 15) is 13.2 Å². The number of amides is 1. The summed E-state index contributed by atoms with van der Waals surface area (Å²) in [5.74, 6) is 0.608. The number of methoxy groups -OCH3 is 1. The highest BCUT2D eigenvalue weighted by Gasteiger charge is 2.37. The average Bonchev–Trinajstić information content (AvgIpc) is 3.11. The lowest BCUT2D eigenvalue weighted by molar-refractivity contribution is -0.123. The minimum atomic E-state index is -3.58. The number of ether oxygens (including phenoxy) is 1. The van der Waals surface area contributed by atoms with Crippen LogP contribution in [0.15, 0.2) is 29.2 Å². The van der Waals surface area contributed by atoms with E-state index in [0.717, 1.165) is 18.4 Å². The molecule has 3 rings (SSSR count). The molecule has 0 bridgehead atoms. The standard InChI is InChI=1S/C19H29N3O4S.ClH/c1-26-10-9-21-27(24,25)16-7-4-5-14(11-16)13-20-19(23)18-12-15-6-2-3-8-17(15)22-18;/h4-5,7,11,15,17-18,21-22H,2-3,6,8-10,12-13H2,1H3,(H,20,23);1H. The highest BCUT2D eigenvalue weighted by Crippen LogP contribution is 2.33.